The van der Waals surface area contributed by atoms with Crippen LogP contribution in [-0.2, 0) is 24.9 Å². The maximum Gasteiger partial charge on any atom is 0.155 e. The van der Waals surface area contributed by atoms with Gasteiger partial charge in [-0.2, -0.15) is 0 Å². The summed E-state index contributed by atoms with van der Waals surface area (Å²) >= 11 is 0. The molecule has 36 heavy (non-hydrogen) atoms. The first-order valence-electron chi connectivity index (χ1n) is 11.2. The van der Waals surface area contributed by atoms with E-state index in [9.17, 15) is 4.79 Å². The Hall–Kier alpha value is -3.92. The van der Waals surface area contributed by atoms with Crippen molar-refractivity contribution in [1.29, 1.82) is 0 Å². The van der Waals surface area contributed by atoms with Gasteiger partial charge in [-0.15, -0.1) is 70.1 Å². The molecule has 0 aliphatic heterocycles. The van der Waals surface area contributed by atoms with Crippen LogP contribution in [0.3, 0.4) is 0 Å². The van der Waals surface area contributed by atoms with Gasteiger partial charge in [-0.1, -0.05) is 36.4 Å². The van der Waals surface area contributed by atoms with E-state index >= 15 is 0 Å². The van der Waals surface area contributed by atoms with Gasteiger partial charge in [0, 0.05) is 38.6 Å². The minimum atomic E-state index is -0.125. The van der Waals surface area contributed by atoms with E-state index in [-0.39, 0.29) is 31.6 Å². The molecule has 0 saturated heterocycles. The number of fused-ring (bicyclic) bond motifs is 6. The number of aromatic nitrogens is 2. The summed E-state index contributed by atoms with van der Waals surface area (Å²) in [6.07, 6.45) is 4.81. The van der Waals surface area contributed by atoms with Crippen molar-refractivity contribution < 1.29 is 30.0 Å². The zero-order valence-electron chi connectivity index (χ0n) is 19.9. The van der Waals surface area contributed by atoms with E-state index in [0.29, 0.717) is 0 Å². The molecule has 5 heteroatoms. The molecular weight excluding hydrogens is 625 g/mol. The van der Waals surface area contributed by atoms with Crippen molar-refractivity contribution in [3.05, 3.63) is 121 Å². The first-order chi connectivity index (χ1) is 17.0. The monoisotopic (exact) mass is 649 g/mol. The number of hydrogen-bond donors (Lipinski definition) is 1. The number of aliphatic hydroxyl groups excluding tert-OH is 1. The molecule has 4 aromatic carbocycles. The number of ketones is 1. The quantitative estimate of drug-likeness (QED) is 0.0873. The Morgan fingerprint density at radius 2 is 1.11 bits per heavy atom. The summed E-state index contributed by atoms with van der Waals surface area (Å²) in [6, 6.07) is 34.9. The normalized spacial score (nSPS) is 10.7. The van der Waals surface area contributed by atoms with Crippen LogP contribution in [0.1, 0.15) is 13.8 Å². The molecule has 181 valence electrons. The molecule has 1 radical (unpaired) electrons. The van der Waals surface area contributed by atoms with Crippen molar-refractivity contribution >= 4 is 49.1 Å². The summed E-state index contributed by atoms with van der Waals surface area (Å²) < 4.78 is 0. The third-order valence-electron chi connectivity index (χ3n) is 5.23. The summed E-state index contributed by atoms with van der Waals surface area (Å²) in [7, 11) is 0. The van der Waals surface area contributed by atoms with Crippen LogP contribution in [0.2, 0.25) is 0 Å². The van der Waals surface area contributed by atoms with Crippen LogP contribution in [0.15, 0.2) is 109 Å². The molecule has 2 aromatic heterocycles. The molecule has 6 rings (SSSR count). The number of pyridine rings is 2. The fourth-order valence-electron chi connectivity index (χ4n) is 3.76. The first-order valence-corrected chi connectivity index (χ1v) is 11.2. The number of benzene rings is 4. The van der Waals surface area contributed by atoms with Crippen molar-refractivity contribution in [1.82, 2.24) is 9.97 Å². The predicted molar refractivity (Wildman–Crippen MR) is 143 cm³/mol. The number of rotatable bonds is 1. The second-order valence-electron chi connectivity index (χ2n) is 7.95. The molecular formula is C31H24IrN2O2-2. The van der Waals surface area contributed by atoms with E-state index in [1.165, 1.54) is 41.5 Å². The Bertz CT molecular complexity index is 1440. The Kier molecular flexibility index (Phi) is 9.40. The maximum atomic E-state index is 10.0. The SMILES string of the molecule is CC(=O)/C=C(/C)O.[Ir].[c-]1cccc2ccc3cccnc3c12.[c-]1cccc2ccc3cccnc3c12. The van der Waals surface area contributed by atoms with E-state index in [4.69, 9.17) is 5.11 Å². The molecule has 0 bridgehead atoms. The molecule has 0 unspecified atom stereocenters. The van der Waals surface area contributed by atoms with Gasteiger partial charge in [-0.05, 0) is 47.8 Å². The van der Waals surface area contributed by atoms with Gasteiger partial charge >= 0.3 is 0 Å². The van der Waals surface area contributed by atoms with Gasteiger partial charge in [-0.3, -0.25) is 4.79 Å². The van der Waals surface area contributed by atoms with Crippen molar-refractivity contribution in [3.8, 4) is 0 Å². The molecule has 0 spiro atoms. The fraction of sp³-hybridized carbons (Fsp3) is 0.0645. The number of hydrogen-bond acceptors (Lipinski definition) is 4. The average Bonchev–Trinajstić information content (AvgIpc) is 2.88. The third kappa shape index (κ3) is 6.60. The van der Waals surface area contributed by atoms with Crippen LogP contribution < -0.4 is 0 Å². The van der Waals surface area contributed by atoms with E-state index in [0.717, 1.165) is 21.8 Å². The molecule has 6 aromatic rings. The molecule has 0 atom stereocenters. The third-order valence-corrected chi connectivity index (χ3v) is 5.23. The summed E-state index contributed by atoms with van der Waals surface area (Å²) in [6.45, 7) is 2.85. The van der Waals surface area contributed by atoms with E-state index < -0.39 is 0 Å². The number of aliphatic hydroxyl groups is 1. The van der Waals surface area contributed by atoms with Crippen molar-refractivity contribution in [2.75, 3.05) is 0 Å². The Morgan fingerprint density at radius 3 is 1.50 bits per heavy atom. The van der Waals surface area contributed by atoms with Crippen LogP contribution in [0.5, 0.6) is 0 Å². The molecule has 2 heterocycles. The molecule has 0 aliphatic carbocycles. The number of carbonyl (C=O) groups is 1. The van der Waals surface area contributed by atoms with Gasteiger partial charge in [0.2, 0.25) is 0 Å². The molecule has 0 amide bonds. The first kappa shape index (κ1) is 26.7. The molecule has 0 saturated carbocycles. The zero-order chi connectivity index (χ0) is 24.6. The van der Waals surface area contributed by atoms with Gasteiger partial charge in [0.05, 0.1) is 5.76 Å². The minimum absolute atomic E-state index is 0. The average molecular weight is 649 g/mol. The van der Waals surface area contributed by atoms with Crippen LogP contribution in [-0.4, -0.2) is 20.9 Å². The summed E-state index contributed by atoms with van der Waals surface area (Å²) in [4.78, 5) is 18.8. The fourth-order valence-corrected chi connectivity index (χ4v) is 3.76. The van der Waals surface area contributed by atoms with Crippen molar-refractivity contribution in [2.45, 2.75) is 13.8 Å². The van der Waals surface area contributed by atoms with Gasteiger partial charge in [0.1, 0.15) is 0 Å². The Morgan fingerprint density at radius 1 is 0.694 bits per heavy atom. The second kappa shape index (κ2) is 12.7. The molecule has 0 fully saturated rings. The maximum absolute atomic E-state index is 10.0. The second-order valence-corrected chi connectivity index (χ2v) is 7.95. The largest absolute Gasteiger partial charge is 0.512 e. The number of allylic oxidation sites excluding steroid dienone is 2. The van der Waals surface area contributed by atoms with Crippen LogP contribution >= 0.6 is 0 Å². The summed E-state index contributed by atoms with van der Waals surface area (Å²) in [5.74, 6) is -0.0625. The smallest absolute Gasteiger partial charge is 0.155 e. The molecule has 0 aliphatic rings. The molecule has 4 nitrogen and oxygen atoms in total. The van der Waals surface area contributed by atoms with Gasteiger partial charge in [0.25, 0.3) is 0 Å². The summed E-state index contributed by atoms with van der Waals surface area (Å²) in [5.41, 5.74) is 2.07. The van der Waals surface area contributed by atoms with Crippen molar-refractivity contribution in [3.63, 3.8) is 0 Å². The summed E-state index contributed by atoms with van der Waals surface area (Å²) in [5, 5.41) is 15.3. The van der Waals surface area contributed by atoms with Gasteiger partial charge in [0.15, 0.2) is 5.78 Å². The minimum Gasteiger partial charge on any atom is -0.512 e. The van der Waals surface area contributed by atoms with E-state index in [1.807, 2.05) is 48.8 Å². The number of carbonyl (C=O) groups excluding carboxylic acids is 1. The topological polar surface area (TPSA) is 63.1 Å². The number of nitrogens with zero attached hydrogens (tertiary/aromatic N) is 2. The predicted octanol–water partition coefficient (Wildman–Crippen LogP) is 7.41. The van der Waals surface area contributed by atoms with Crippen molar-refractivity contribution in [2.24, 2.45) is 0 Å². The van der Waals surface area contributed by atoms with E-state index in [2.05, 4.69) is 70.6 Å². The Labute approximate surface area is 223 Å². The van der Waals surface area contributed by atoms with Gasteiger partial charge in [-0.25, -0.2) is 0 Å². The Balaban J connectivity index is 0.000000158. The van der Waals surface area contributed by atoms with E-state index in [1.54, 1.807) is 0 Å². The van der Waals surface area contributed by atoms with Gasteiger partial charge < -0.3 is 15.1 Å². The van der Waals surface area contributed by atoms with Crippen LogP contribution in [0.4, 0.5) is 0 Å². The standard InChI is InChI=1S/2C13H8N.C5H8O2.Ir/c2*1-2-6-12-10(4-1)7-8-11-5-3-9-14-13(11)12;1-4(6)3-5(2)7;/h2*1-5,7-9H;3,6H,1-2H3;/q2*-1;;/b;;4-3-;. The zero-order valence-corrected chi connectivity index (χ0v) is 22.3. The molecule has 1 N–H and O–H groups in total. The van der Waals surface area contributed by atoms with Crippen LogP contribution in [0.25, 0.3) is 43.4 Å². The van der Waals surface area contributed by atoms with Crippen LogP contribution in [0, 0.1) is 12.1 Å².